The molecule has 2 aromatic rings. The van der Waals surface area contributed by atoms with Crippen molar-refractivity contribution in [3.63, 3.8) is 0 Å². The Labute approximate surface area is 170 Å². The molecule has 0 bridgehead atoms. The van der Waals surface area contributed by atoms with Crippen molar-refractivity contribution in [3.05, 3.63) is 36.0 Å². The van der Waals surface area contributed by atoms with E-state index in [0.29, 0.717) is 43.5 Å². The second-order valence-electron chi connectivity index (χ2n) is 8.44. The average molecular weight is 421 g/mol. The largest absolute Gasteiger partial charge is 0.420 e. The Morgan fingerprint density at radius 2 is 1.76 bits per heavy atom. The number of piperidine rings is 2. The highest BCUT2D eigenvalue weighted by atomic mass is 32.2. The summed E-state index contributed by atoms with van der Waals surface area (Å²) in [6.45, 7) is 2.36. The Morgan fingerprint density at radius 1 is 1.03 bits per heavy atom. The van der Waals surface area contributed by atoms with Gasteiger partial charge in [0.15, 0.2) is 0 Å². The molecule has 1 unspecified atom stereocenters. The summed E-state index contributed by atoms with van der Waals surface area (Å²) in [4.78, 5) is 0. The van der Waals surface area contributed by atoms with Crippen molar-refractivity contribution in [1.29, 1.82) is 0 Å². The molecule has 7 nitrogen and oxygen atoms in total. The van der Waals surface area contributed by atoms with Crippen molar-refractivity contribution in [2.75, 3.05) is 26.2 Å². The lowest BCUT2D eigenvalue weighted by atomic mass is 9.92. The predicted octanol–water partition coefficient (Wildman–Crippen LogP) is 3.18. The molecular weight excluding hydrogens is 395 g/mol. The first-order valence-electron chi connectivity index (χ1n) is 10.3. The lowest BCUT2D eigenvalue weighted by molar-refractivity contribution is 0.225. The fraction of sp³-hybridized carbons (Fsp3) is 0.600. The van der Waals surface area contributed by atoms with Gasteiger partial charge >= 0.3 is 0 Å². The average Bonchev–Trinajstić information content (AvgIpc) is 3.20. The van der Waals surface area contributed by atoms with Gasteiger partial charge in [-0.25, -0.2) is 4.39 Å². The number of hydrogen-bond donors (Lipinski definition) is 0. The zero-order valence-corrected chi connectivity index (χ0v) is 17.1. The van der Waals surface area contributed by atoms with Crippen LogP contribution in [0.1, 0.15) is 50.3 Å². The van der Waals surface area contributed by atoms with E-state index in [0.717, 1.165) is 38.5 Å². The highest BCUT2D eigenvalue weighted by Crippen LogP contribution is 2.64. The van der Waals surface area contributed by atoms with Crippen LogP contribution in [0.4, 0.5) is 4.39 Å². The van der Waals surface area contributed by atoms with Gasteiger partial charge in [0.25, 0.3) is 10.2 Å². The molecule has 9 heteroatoms. The van der Waals surface area contributed by atoms with E-state index in [9.17, 15) is 12.8 Å². The maximum Gasteiger partial charge on any atom is 0.281 e. The SMILES string of the molecule is O=S(=O)(N1CCCCC1)N1CCC2(CC1)CC2c1nnc(-c2cccc(F)c2)o1. The maximum atomic E-state index is 13.4. The van der Waals surface area contributed by atoms with Gasteiger partial charge in [0.2, 0.25) is 11.8 Å². The third-order valence-corrected chi connectivity index (χ3v) is 8.72. The normalized spacial score (nSPS) is 25.3. The zero-order valence-electron chi connectivity index (χ0n) is 16.3. The molecule has 0 N–H and O–H groups in total. The van der Waals surface area contributed by atoms with Crippen LogP contribution in [0.3, 0.4) is 0 Å². The van der Waals surface area contributed by atoms with Crippen LogP contribution in [0.25, 0.3) is 11.5 Å². The molecule has 0 amide bonds. The molecule has 156 valence electrons. The lowest BCUT2D eigenvalue weighted by Crippen LogP contribution is -2.49. The van der Waals surface area contributed by atoms with Crippen LogP contribution in [0.2, 0.25) is 0 Å². The van der Waals surface area contributed by atoms with E-state index in [1.54, 1.807) is 20.7 Å². The quantitative estimate of drug-likeness (QED) is 0.759. The first kappa shape index (κ1) is 19.1. The van der Waals surface area contributed by atoms with Crippen molar-refractivity contribution in [1.82, 2.24) is 18.8 Å². The minimum absolute atomic E-state index is 0.0552. The molecule has 3 fully saturated rings. The Balaban J connectivity index is 1.24. The van der Waals surface area contributed by atoms with Gasteiger partial charge in [-0.05, 0) is 55.7 Å². The summed E-state index contributed by atoms with van der Waals surface area (Å²) < 4.78 is 48.3. The van der Waals surface area contributed by atoms with Gasteiger partial charge in [-0.1, -0.05) is 12.5 Å². The van der Waals surface area contributed by atoms with Crippen molar-refractivity contribution in [2.45, 2.75) is 44.4 Å². The van der Waals surface area contributed by atoms with Gasteiger partial charge in [0.1, 0.15) is 5.82 Å². The van der Waals surface area contributed by atoms with Gasteiger partial charge in [-0.2, -0.15) is 17.0 Å². The molecule has 3 aliphatic rings. The smallest absolute Gasteiger partial charge is 0.281 e. The van der Waals surface area contributed by atoms with Gasteiger partial charge in [-0.3, -0.25) is 0 Å². The van der Waals surface area contributed by atoms with Gasteiger partial charge in [0.05, 0.1) is 0 Å². The number of halogens is 1. The number of nitrogens with zero attached hydrogens (tertiary/aromatic N) is 4. The van der Waals surface area contributed by atoms with Crippen molar-refractivity contribution in [3.8, 4) is 11.5 Å². The number of aromatic nitrogens is 2. The monoisotopic (exact) mass is 420 g/mol. The molecule has 1 atom stereocenters. The van der Waals surface area contributed by atoms with Crippen molar-refractivity contribution in [2.24, 2.45) is 5.41 Å². The molecule has 0 radical (unpaired) electrons. The number of benzene rings is 1. The summed E-state index contributed by atoms with van der Waals surface area (Å²) in [7, 11) is -3.35. The van der Waals surface area contributed by atoms with E-state index >= 15 is 0 Å². The fourth-order valence-corrected chi connectivity index (χ4v) is 6.47. The second-order valence-corrected chi connectivity index (χ2v) is 10.4. The molecule has 1 saturated carbocycles. The second kappa shape index (κ2) is 7.14. The minimum atomic E-state index is -3.35. The van der Waals surface area contributed by atoms with Gasteiger partial charge in [0, 0.05) is 37.7 Å². The summed E-state index contributed by atoms with van der Waals surface area (Å²) >= 11 is 0. The topological polar surface area (TPSA) is 79.5 Å². The van der Waals surface area contributed by atoms with E-state index in [1.807, 2.05) is 0 Å². The van der Waals surface area contributed by atoms with Crippen LogP contribution < -0.4 is 0 Å². The summed E-state index contributed by atoms with van der Waals surface area (Å²) in [5, 5.41) is 8.28. The van der Waals surface area contributed by atoms with E-state index in [4.69, 9.17) is 4.42 Å². The predicted molar refractivity (Wildman–Crippen MR) is 105 cm³/mol. The van der Waals surface area contributed by atoms with Crippen LogP contribution in [0.15, 0.2) is 28.7 Å². The highest BCUT2D eigenvalue weighted by Gasteiger charge is 2.59. The van der Waals surface area contributed by atoms with E-state index in [2.05, 4.69) is 10.2 Å². The molecule has 1 spiro atoms. The highest BCUT2D eigenvalue weighted by molar-refractivity contribution is 7.86. The maximum absolute atomic E-state index is 13.4. The summed E-state index contributed by atoms with van der Waals surface area (Å²) in [5.41, 5.74) is 0.625. The van der Waals surface area contributed by atoms with Crippen LogP contribution in [0, 0.1) is 11.2 Å². The lowest BCUT2D eigenvalue weighted by Gasteiger charge is -2.36. The molecular formula is C20H25FN4O3S. The first-order chi connectivity index (χ1) is 14.0. The van der Waals surface area contributed by atoms with Crippen molar-refractivity contribution >= 4 is 10.2 Å². The molecule has 1 aromatic heterocycles. The Hall–Kier alpha value is -1.84. The standard InChI is InChI=1S/C20H25FN4O3S/c21-16-6-4-5-15(13-16)18-22-23-19(28-18)17-14-20(17)7-11-25(12-8-20)29(26,27)24-9-2-1-3-10-24/h4-6,13,17H,1-3,7-12,14H2. The van der Waals surface area contributed by atoms with Crippen molar-refractivity contribution < 1.29 is 17.2 Å². The van der Waals surface area contributed by atoms with E-state index < -0.39 is 10.2 Å². The van der Waals surface area contributed by atoms with Gasteiger partial charge in [-0.15, -0.1) is 10.2 Å². The first-order valence-corrected chi connectivity index (χ1v) is 11.7. The number of hydrogen-bond acceptors (Lipinski definition) is 5. The van der Waals surface area contributed by atoms with E-state index in [1.165, 1.54) is 12.1 Å². The Kier molecular flexibility index (Phi) is 4.71. The van der Waals surface area contributed by atoms with Crippen LogP contribution >= 0.6 is 0 Å². The molecule has 5 rings (SSSR count). The third-order valence-electron chi connectivity index (χ3n) is 6.69. The third kappa shape index (κ3) is 3.49. The molecule has 29 heavy (non-hydrogen) atoms. The molecule has 1 aliphatic carbocycles. The van der Waals surface area contributed by atoms with Crippen LogP contribution in [0.5, 0.6) is 0 Å². The zero-order chi connectivity index (χ0) is 20.1. The molecule has 2 aliphatic heterocycles. The Morgan fingerprint density at radius 3 is 2.48 bits per heavy atom. The summed E-state index contributed by atoms with van der Waals surface area (Å²) in [5.74, 6) is 0.729. The number of rotatable bonds is 4. The fourth-order valence-electron chi connectivity index (χ4n) is 4.78. The molecule has 3 heterocycles. The summed E-state index contributed by atoms with van der Waals surface area (Å²) in [6.07, 6.45) is 5.56. The molecule has 2 saturated heterocycles. The molecule has 1 aromatic carbocycles. The van der Waals surface area contributed by atoms with Crippen LogP contribution in [-0.4, -0.2) is 53.4 Å². The minimum Gasteiger partial charge on any atom is -0.420 e. The summed E-state index contributed by atoms with van der Waals surface area (Å²) in [6, 6.07) is 6.12. The Bertz CT molecular complexity index is 995. The van der Waals surface area contributed by atoms with Crippen LogP contribution in [-0.2, 0) is 10.2 Å². The van der Waals surface area contributed by atoms with E-state index in [-0.39, 0.29) is 17.2 Å². The van der Waals surface area contributed by atoms with Gasteiger partial charge < -0.3 is 4.42 Å².